The molecule has 1 saturated carbocycles. The monoisotopic (exact) mass is 233 g/mol. The van der Waals surface area contributed by atoms with Gasteiger partial charge in [0.05, 0.1) is 0 Å². The van der Waals surface area contributed by atoms with E-state index in [0.29, 0.717) is 18.3 Å². The molecule has 0 atom stereocenters. The number of rotatable bonds is 4. The van der Waals surface area contributed by atoms with Crippen LogP contribution >= 0.6 is 0 Å². The molecule has 0 spiro atoms. The van der Waals surface area contributed by atoms with Crippen LogP contribution in [0.4, 0.5) is 5.69 Å². The summed E-state index contributed by atoms with van der Waals surface area (Å²) < 4.78 is 0. The van der Waals surface area contributed by atoms with Gasteiger partial charge in [0, 0.05) is 26.2 Å². The van der Waals surface area contributed by atoms with Gasteiger partial charge in [0.25, 0.3) is 0 Å². The summed E-state index contributed by atoms with van der Waals surface area (Å²) in [7, 11) is 4.06. The van der Waals surface area contributed by atoms with Gasteiger partial charge in [-0.25, -0.2) is 0 Å². The van der Waals surface area contributed by atoms with Gasteiger partial charge in [-0.3, -0.25) is 4.79 Å². The molecule has 0 radical (unpaired) electrons. The van der Waals surface area contributed by atoms with E-state index in [4.69, 9.17) is 5.11 Å². The molecule has 0 amide bonds. The van der Waals surface area contributed by atoms with Crippen molar-refractivity contribution in [1.82, 2.24) is 0 Å². The minimum absolute atomic E-state index is 0.326. The lowest BCUT2D eigenvalue weighted by Crippen LogP contribution is -2.24. The molecule has 1 aliphatic carbocycles. The summed E-state index contributed by atoms with van der Waals surface area (Å²) in [4.78, 5) is 12.6. The van der Waals surface area contributed by atoms with Gasteiger partial charge >= 0.3 is 5.97 Å². The zero-order valence-corrected chi connectivity index (χ0v) is 10.4. The van der Waals surface area contributed by atoms with Crippen molar-refractivity contribution in [2.45, 2.75) is 25.2 Å². The highest BCUT2D eigenvalue weighted by atomic mass is 16.4. The Morgan fingerprint density at radius 2 is 1.88 bits per heavy atom. The first-order chi connectivity index (χ1) is 8.06. The Bertz CT molecular complexity index is 391. The molecule has 1 aliphatic rings. The summed E-state index contributed by atoms with van der Waals surface area (Å²) in [6.07, 6.45) is 2.37. The summed E-state index contributed by atoms with van der Waals surface area (Å²) in [5, 5.41) is 8.70. The quantitative estimate of drug-likeness (QED) is 0.869. The summed E-state index contributed by atoms with van der Waals surface area (Å²) in [5.41, 5.74) is 2.55. The fraction of sp³-hybridized carbons (Fsp3) is 0.500. The van der Waals surface area contributed by atoms with E-state index in [1.165, 1.54) is 11.3 Å². The van der Waals surface area contributed by atoms with Gasteiger partial charge in [-0.15, -0.1) is 0 Å². The molecule has 3 nitrogen and oxygen atoms in total. The molecule has 0 bridgehead atoms. The Morgan fingerprint density at radius 3 is 2.35 bits per heavy atom. The molecule has 1 aromatic carbocycles. The number of carboxylic acids is 1. The Morgan fingerprint density at radius 1 is 1.29 bits per heavy atom. The molecular formula is C14H19NO2. The first-order valence-electron chi connectivity index (χ1n) is 6.05. The van der Waals surface area contributed by atoms with Crippen LogP contribution in [-0.4, -0.2) is 25.2 Å². The smallest absolute Gasteiger partial charge is 0.303 e. The summed E-state index contributed by atoms with van der Waals surface area (Å²) >= 11 is 0. The van der Waals surface area contributed by atoms with Crippen LogP contribution in [0, 0.1) is 5.92 Å². The highest BCUT2D eigenvalue weighted by molar-refractivity contribution is 5.67. The molecule has 0 aromatic heterocycles. The molecule has 1 aromatic rings. The molecule has 0 saturated heterocycles. The van der Waals surface area contributed by atoms with Crippen LogP contribution in [0.1, 0.15) is 30.7 Å². The Labute approximate surface area is 102 Å². The third kappa shape index (κ3) is 2.78. The van der Waals surface area contributed by atoms with Crippen molar-refractivity contribution in [2.24, 2.45) is 5.92 Å². The summed E-state index contributed by atoms with van der Waals surface area (Å²) in [6, 6.07) is 8.58. The van der Waals surface area contributed by atoms with Gasteiger partial charge in [-0.1, -0.05) is 12.1 Å². The van der Waals surface area contributed by atoms with Crippen molar-refractivity contribution >= 4 is 11.7 Å². The Balaban J connectivity index is 1.91. The predicted octanol–water partition coefficient (Wildman–Crippen LogP) is 2.72. The number of nitrogens with zero attached hydrogens (tertiary/aromatic N) is 1. The normalized spacial score (nSPS) is 22.9. The van der Waals surface area contributed by atoms with E-state index in [-0.39, 0.29) is 0 Å². The van der Waals surface area contributed by atoms with Crippen molar-refractivity contribution in [1.29, 1.82) is 0 Å². The molecule has 1 N–H and O–H groups in total. The zero-order valence-electron chi connectivity index (χ0n) is 10.4. The van der Waals surface area contributed by atoms with Crippen molar-refractivity contribution < 1.29 is 9.90 Å². The van der Waals surface area contributed by atoms with E-state index in [1.54, 1.807) is 0 Å². The van der Waals surface area contributed by atoms with Gasteiger partial charge < -0.3 is 10.0 Å². The number of hydrogen-bond donors (Lipinski definition) is 1. The number of benzene rings is 1. The second kappa shape index (κ2) is 4.78. The molecule has 92 valence electrons. The van der Waals surface area contributed by atoms with Crippen molar-refractivity contribution in [3.05, 3.63) is 29.8 Å². The highest BCUT2D eigenvalue weighted by Crippen LogP contribution is 2.43. The topological polar surface area (TPSA) is 40.5 Å². The third-order valence-corrected chi connectivity index (χ3v) is 3.58. The minimum Gasteiger partial charge on any atom is -0.481 e. The first kappa shape index (κ1) is 12.0. The molecule has 2 rings (SSSR count). The maximum absolute atomic E-state index is 10.6. The number of aliphatic carboxylic acids is 1. The lowest BCUT2D eigenvalue weighted by molar-refractivity contribution is -0.138. The van der Waals surface area contributed by atoms with Crippen LogP contribution in [0.2, 0.25) is 0 Å². The summed E-state index contributed by atoms with van der Waals surface area (Å²) in [6.45, 7) is 0. The minimum atomic E-state index is -0.670. The van der Waals surface area contributed by atoms with Crippen LogP contribution in [0.15, 0.2) is 24.3 Å². The van der Waals surface area contributed by atoms with E-state index in [1.807, 2.05) is 14.1 Å². The lowest BCUT2D eigenvalue weighted by atomic mass is 9.70. The molecule has 1 fully saturated rings. The second-order valence-electron chi connectivity index (χ2n) is 5.12. The number of carbonyl (C=O) groups is 1. The van der Waals surface area contributed by atoms with E-state index in [0.717, 1.165) is 12.8 Å². The number of anilines is 1. The highest BCUT2D eigenvalue weighted by Gasteiger charge is 2.31. The van der Waals surface area contributed by atoms with Gasteiger partial charge in [-0.2, -0.15) is 0 Å². The Kier molecular flexibility index (Phi) is 3.36. The van der Waals surface area contributed by atoms with Gasteiger partial charge in [0.2, 0.25) is 0 Å². The molecule has 3 heteroatoms. The van der Waals surface area contributed by atoms with E-state index < -0.39 is 5.97 Å². The summed E-state index contributed by atoms with van der Waals surface area (Å²) in [5.74, 6) is 0.276. The van der Waals surface area contributed by atoms with Crippen LogP contribution in [0.5, 0.6) is 0 Å². The van der Waals surface area contributed by atoms with E-state index in [9.17, 15) is 4.79 Å². The average molecular weight is 233 g/mol. The molecular weight excluding hydrogens is 214 g/mol. The molecule has 0 heterocycles. The van der Waals surface area contributed by atoms with E-state index >= 15 is 0 Å². The van der Waals surface area contributed by atoms with Crippen LogP contribution in [-0.2, 0) is 4.79 Å². The predicted molar refractivity (Wildman–Crippen MR) is 68.5 cm³/mol. The van der Waals surface area contributed by atoms with Crippen molar-refractivity contribution in [3.63, 3.8) is 0 Å². The molecule has 0 aliphatic heterocycles. The average Bonchev–Trinajstić information content (AvgIpc) is 2.23. The first-order valence-corrected chi connectivity index (χ1v) is 6.05. The standard InChI is InChI=1S/C14H19NO2/c1-15(2)13-5-3-11(4-6-13)12-7-10(8-12)9-14(16)17/h3-6,10,12H,7-9H2,1-2H3,(H,16,17). The lowest BCUT2D eigenvalue weighted by Gasteiger charge is -2.35. The Hall–Kier alpha value is -1.51. The SMILES string of the molecule is CN(C)c1ccc(C2CC(CC(=O)O)C2)cc1. The van der Waals surface area contributed by atoms with Crippen LogP contribution in [0.3, 0.4) is 0 Å². The largest absolute Gasteiger partial charge is 0.481 e. The van der Waals surface area contributed by atoms with Crippen molar-refractivity contribution in [2.75, 3.05) is 19.0 Å². The maximum atomic E-state index is 10.6. The van der Waals surface area contributed by atoms with E-state index in [2.05, 4.69) is 29.2 Å². The van der Waals surface area contributed by atoms with Crippen molar-refractivity contribution in [3.8, 4) is 0 Å². The number of carboxylic acid groups (broad SMARTS) is 1. The number of hydrogen-bond acceptors (Lipinski definition) is 2. The maximum Gasteiger partial charge on any atom is 0.303 e. The zero-order chi connectivity index (χ0) is 12.4. The van der Waals surface area contributed by atoms with Crippen LogP contribution in [0.25, 0.3) is 0 Å². The van der Waals surface area contributed by atoms with Gasteiger partial charge in [0.1, 0.15) is 0 Å². The fourth-order valence-corrected chi connectivity index (χ4v) is 2.47. The van der Waals surface area contributed by atoms with Gasteiger partial charge in [0.15, 0.2) is 0 Å². The molecule has 0 unspecified atom stereocenters. The third-order valence-electron chi connectivity index (χ3n) is 3.58. The fourth-order valence-electron chi connectivity index (χ4n) is 2.47. The van der Waals surface area contributed by atoms with Gasteiger partial charge in [-0.05, 0) is 42.4 Å². The molecule has 17 heavy (non-hydrogen) atoms. The van der Waals surface area contributed by atoms with Crippen LogP contribution < -0.4 is 4.90 Å². The second-order valence-corrected chi connectivity index (χ2v) is 5.12.